The molecule has 0 aliphatic rings. The first kappa shape index (κ1) is 22.6. The molecule has 0 bridgehead atoms. The summed E-state index contributed by atoms with van der Waals surface area (Å²) in [4.78, 5) is 10.1. The van der Waals surface area contributed by atoms with Crippen LogP contribution < -0.4 is 15.9 Å². The van der Waals surface area contributed by atoms with E-state index in [9.17, 15) is 0 Å². The summed E-state index contributed by atoms with van der Waals surface area (Å²) in [5.74, 6) is 0. The maximum absolute atomic E-state index is 6.87. The van der Waals surface area contributed by atoms with Gasteiger partial charge in [0.25, 0.3) is 0 Å². The third kappa shape index (κ3) is 3.26. The summed E-state index contributed by atoms with van der Waals surface area (Å²) in [5.41, 5.74) is 5.09. The SMILES string of the molecule is S=P(c1ccccc1)(c1cnc2ccccc2c1)c1cccc2nc3c4ccccc4c4ccccc4n3c12. The third-order valence-electron chi connectivity index (χ3n) is 7.66. The van der Waals surface area contributed by atoms with Crippen molar-refractivity contribution in [1.29, 1.82) is 0 Å². The van der Waals surface area contributed by atoms with Gasteiger partial charge in [0.2, 0.25) is 0 Å². The van der Waals surface area contributed by atoms with Gasteiger partial charge in [-0.15, -0.1) is 0 Å². The van der Waals surface area contributed by atoms with E-state index in [-0.39, 0.29) is 0 Å². The van der Waals surface area contributed by atoms with Crippen molar-refractivity contribution >= 4 is 83.0 Å². The van der Waals surface area contributed by atoms with Crippen LogP contribution in [0.25, 0.3) is 49.3 Å². The summed E-state index contributed by atoms with van der Waals surface area (Å²) < 4.78 is 2.33. The maximum atomic E-state index is 6.87. The van der Waals surface area contributed by atoms with Gasteiger partial charge >= 0.3 is 0 Å². The van der Waals surface area contributed by atoms with Gasteiger partial charge in [-0.1, -0.05) is 115 Å². The van der Waals surface area contributed by atoms with Crippen LogP contribution in [0.1, 0.15) is 0 Å². The Morgan fingerprint density at radius 2 is 1.28 bits per heavy atom. The van der Waals surface area contributed by atoms with Gasteiger partial charge in [-0.3, -0.25) is 9.38 Å². The highest BCUT2D eigenvalue weighted by atomic mass is 32.4. The van der Waals surface area contributed by atoms with Crippen molar-refractivity contribution in [3.05, 3.63) is 134 Å². The Balaban J connectivity index is 1.57. The molecule has 1 atom stereocenters. The van der Waals surface area contributed by atoms with Gasteiger partial charge in [0.1, 0.15) is 5.65 Å². The Hall–Kier alpha value is -4.37. The predicted molar refractivity (Wildman–Crippen MR) is 169 cm³/mol. The predicted octanol–water partition coefficient (Wildman–Crippen LogP) is 7.10. The molecule has 0 saturated heterocycles. The van der Waals surface area contributed by atoms with Crippen molar-refractivity contribution in [2.45, 2.75) is 0 Å². The van der Waals surface area contributed by atoms with E-state index in [2.05, 4.69) is 120 Å². The Labute approximate surface area is 230 Å². The van der Waals surface area contributed by atoms with Crippen LogP contribution in [0.2, 0.25) is 0 Å². The molecule has 0 aliphatic carbocycles. The van der Waals surface area contributed by atoms with E-state index in [0.29, 0.717) is 0 Å². The monoisotopic (exact) mass is 535 g/mol. The summed E-state index contributed by atoms with van der Waals surface area (Å²) in [7, 11) is 0. The molecule has 3 aromatic heterocycles. The molecule has 0 spiro atoms. The molecule has 3 heterocycles. The normalized spacial score (nSPS) is 13.4. The fourth-order valence-electron chi connectivity index (χ4n) is 5.88. The van der Waals surface area contributed by atoms with Crippen LogP contribution in [0, 0.1) is 0 Å². The molecule has 0 amide bonds. The molecule has 5 heteroatoms. The van der Waals surface area contributed by atoms with E-state index in [4.69, 9.17) is 21.8 Å². The van der Waals surface area contributed by atoms with E-state index >= 15 is 0 Å². The first-order chi connectivity index (χ1) is 19.2. The van der Waals surface area contributed by atoms with E-state index in [1.54, 1.807) is 0 Å². The number of fused-ring (bicyclic) bond motifs is 9. The molecule has 184 valence electrons. The van der Waals surface area contributed by atoms with Crippen molar-refractivity contribution in [2.24, 2.45) is 0 Å². The number of imidazole rings is 1. The molecule has 0 radical (unpaired) electrons. The van der Waals surface area contributed by atoms with Gasteiger partial charge in [-0.25, -0.2) is 4.98 Å². The van der Waals surface area contributed by atoms with Crippen LogP contribution >= 0.6 is 6.04 Å². The van der Waals surface area contributed by atoms with E-state index in [1.165, 1.54) is 10.8 Å². The number of hydrogen-bond acceptors (Lipinski definition) is 3. The first-order valence-corrected chi connectivity index (χ1v) is 15.8. The van der Waals surface area contributed by atoms with Crippen LogP contribution in [-0.2, 0) is 11.8 Å². The molecule has 8 aromatic rings. The Bertz CT molecular complexity index is 2270. The lowest BCUT2D eigenvalue weighted by Crippen LogP contribution is -2.26. The molecule has 3 nitrogen and oxygen atoms in total. The molecule has 0 saturated carbocycles. The summed E-state index contributed by atoms with van der Waals surface area (Å²) in [5, 5.41) is 8.00. The second kappa shape index (κ2) is 8.57. The zero-order chi connectivity index (χ0) is 26.0. The number of rotatable bonds is 3. The molecular formula is C34H22N3PS. The lowest BCUT2D eigenvalue weighted by Gasteiger charge is -2.25. The van der Waals surface area contributed by atoms with Crippen molar-refractivity contribution in [1.82, 2.24) is 14.4 Å². The smallest absolute Gasteiger partial charge is 0.146 e. The number of hydrogen-bond donors (Lipinski definition) is 0. The average molecular weight is 536 g/mol. The average Bonchev–Trinajstić information content (AvgIpc) is 3.41. The largest absolute Gasteiger partial charge is 0.291 e. The Kier molecular flexibility index (Phi) is 4.97. The van der Waals surface area contributed by atoms with Gasteiger partial charge in [0.15, 0.2) is 0 Å². The highest BCUT2D eigenvalue weighted by Crippen LogP contribution is 2.46. The third-order valence-corrected chi connectivity index (χ3v) is 12.5. The highest BCUT2D eigenvalue weighted by molar-refractivity contribution is 8.25. The molecule has 0 aliphatic heterocycles. The number of para-hydroxylation sites is 3. The van der Waals surface area contributed by atoms with Crippen molar-refractivity contribution in [2.75, 3.05) is 0 Å². The van der Waals surface area contributed by atoms with Gasteiger partial charge in [0, 0.05) is 39.0 Å². The van der Waals surface area contributed by atoms with Gasteiger partial charge in [-0.2, -0.15) is 0 Å². The summed E-state index contributed by atoms with van der Waals surface area (Å²) in [6.07, 6.45) is 1.99. The second-order valence-electron chi connectivity index (χ2n) is 9.81. The quantitative estimate of drug-likeness (QED) is 0.179. The molecule has 5 aromatic carbocycles. The zero-order valence-electron chi connectivity index (χ0n) is 20.9. The lowest BCUT2D eigenvalue weighted by molar-refractivity contribution is 1.32. The van der Waals surface area contributed by atoms with Crippen LogP contribution in [0.4, 0.5) is 0 Å². The number of nitrogens with zero attached hydrogens (tertiary/aromatic N) is 3. The van der Waals surface area contributed by atoms with Crippen LogP contribution in [0.5, 0.6) is 0 Å². The lowest BCUT2D eigenvalue weighted by atomic mass is 10.1. The van der Waals surface area contributed by atoms with E-state index in [0.717, 1.165) is 54.4 Å². The molecule has 8 rings (SSSR count). The van der Waals surface area contributed by atoms with Gasteiger partial charge < -0.3 is 0 Å². The fourth-order valence-corrected chi connectivity index (χ4v) is 9.79. The summed E-state index contributed by atoms with van der Waals surface area (Å²) >= 11 is 6.87. The number of benzene rings is 5. The minimum absolute atomic E-state index is 0.952. The van der Waals surface area contributed by atoms with Crippen molar-refractivity contribution in [3.63, 3.8) is 0 Å². The van der Waals surface area contributed by atoms with E-state index < -0.39 is 6.04 Å². The van der Waals surface area contributed by atoms with Gasteiger partial charge in [0.05, 0.1) is 22.1 Å². The van der Waals surface area contributed by atoms with Crippen LogP contribution in [0.3, 0.4) is 0 Å². The Morgan fingerprint density at radius 3 is 2.15 bits per heavy atom. The van der Waals surface area contributed by atoms with Crippen molar-refractivity contribution < 1.29 is 0 Å². The number of aromatic nitrogens is 3. The molecule has 0 fully saturated rings. The molecule has 1 unspecified atom stereocenters. The summed E-state index contributed by atoms with van der Waals surface area (Å²) in [6, 6.07) is 42.1. The zero-order valence-corrected chi connectivity index (χ0v) is 22.6. The number of pyridine rings is 2. The fraction of sp³-hybridized carbons (Fsp3) is 0. The first-order valence-electron chi connectivity index (χ1n) is 13.0. The standard InChI is InChI=1S/C34H22N3PS/c39-38(24-12-2-1-3-13-24,25-21-23-11-4-8-17-29(23)35-22-25)32-20-10-18-30-33(32)37-31-19-9-7-15-27(31)26-14-5-6-16-28(26)34(37)36-30/h1-22H. The Morgan fingerprint density at radius 1 is 0.590 bits per heavy atom. The topological polar surface area (TPSA) is 30.2 Å². The van der Waals surface area contributed by atoms with Gasteiger partial charge in [-0.05, 0) is 35.0 Å². The van der Waals surface area contributed by atoms with E-state index in [1.807, 2.05) is 18.3 Å². The second-order valence-corrected chi connectivity index (χ2v) is 14.2. The highest BCUT2D eigenvalue weighted by Gasteiger charge is 2.29. The maximum Gasteiger partial charge on any atom is 0.146 e. The minimum atomic E-state index is -2.53. The molecular weight excluding hydrogens is 513 g/mol. The molecule has 39 heavy (non-hydrogen) atoms. The van der Waals surface area contributed by atoms with Crippen molar-refractivity contribution in [3.8, 4) is 0 Å². The minimum Gasteiger partial charge on any atom is -0.291 e. The van der Waals surface area contributed by atoms with Crippen LogP contribution in [0.15, 0.2) is 134 Å². The molecule has 0 N–H and O–H groups in total. The van der Waals surface area contributed by atoms with Crippen LogP contribution in [-0.4, -0.2) is 14.4 Å². The summed E-state index contributed by atoms with van der Waals surface area (Å²) in [6.45, 7) is 0.